The fourth-order valence-electron chi connectivity index (χ4n) is 1.31. The maximum Gasteiger partial charge on any atom is 0.323 e. The van der Waals surface area contributed by atoms with Crippen molar-refractivity contribution in [2.75, 3.05) is 10.6 Å². The van der Waals surface area contributed by atoms with Crippen LogP contribution in [0, 0.1) is 5.82 Å². The molecule has 2 amide bonds. The highest BCUT2D eigenvalue weighted by molar-refractivity contribution is 6.29. The number of hydrogen-bond acceptors (Lipinski definition) is 2. The predicted molar refractivity (Wildman–Crippen MR) is 68.3 cm³/mol. The SMILES string of the molecule is O=C(Nc1ccc(F)cc1)Nc1ccnc(Cl)c1. The maximum atomic E-state index is 12.7. The van der Waals surface area contributed by atoms with Gasteiger partial charge in [-0.15, -0.1) is 0 Å². The first-order valence-corrected chi connectivity index (χ1v) is 5.46. The van der Waals surface area contributed by atoms with Gasteiger partial charge in [-0.2, -0.15) is 0 Å². The number of hydrogen-bond donors (Lipinski definition) is 2. The summed E-state index contributed by atoms with van der Waals surface area (Å²) in [5.74, 6) is -0.359. The van der Waals surface area contributed by atoms with Gasteiger partial charge < -0.3 is 10.6 Å². The number of rotatable bonds is 2. The monoisotopic (exact) mass is 265 g/mol. The summed E-state index contributed by atoms with van der Waals surface area (Å²) in [6.45, 7) is 0. The van der Waals surface area contributed by atoms with Gasteiger partial charge in [0, 0.05) is 17.6 Å². The van der Waals surface area contributed by atoms with Crippen LogP contribution in [0.2, 0.25) is 5.15 Å². The van der Waals surface area contributed by atoms with Crippen LogP contribution in [0.15, 0.2) is 42.6 Å². The summed E-state index contributed by atoms with van der Waals surface area (Å²) in [5, 5.41) is 5.42. The Morgan fingerprint density at radius 3 is 2.44 bits per heavy atom. The van der Waals surface area contributed by atoms with Crippen LogP contribution in [0.25, 0.3) is 0 Å². The zero-order valence-corrected chi connectivity index (χ0v) is 9.91. The number of nitrogens with one attached hydrogen (secondary N) is 2. The number of carbonyl (C=O) groups is 1. The third-order valence-electron chi connectivity index (χ3n) is 2.09. The molecule has 0 aliphatic carbocycles. The van der Waals surface area contributed by atoms with Crippen molar-refractivity contribution in [2.45, 2.75) is 0 Å². The molecule has 0 aliphatic heterocycles. The second-order valence-corrected chi connectivity index (χ2v) is 3.84. The molecule has 18 heavy (non-hydrogen) atoms. The van der Waals surface area contributed by atoms with E-state index in [0.29, 0.717) is 11.4 Å². The summed E-state index contributed by atoms with van der Waals surface area (Å²) in [6, 6.07) is 8.15. The highest BCUT2D eigenvalue weighted by Gasteiger charge is 2.03. The molecule has 2 rings (SSSR count). The molecule has 4 nitrogen and oxygen atoms in total. The number of urea groups is 1. The number of halogens is 2. The summed E-state index contributed by atoms with van der Waals surface area (Å²) >= 11 is 5.68. The number of carbonyl (C=O) groups excluding carboxylic acids is 1. The lowest BCUT2D eigenvalue weighted by Crippen LogP contribution is -2.19. The molecular formula is C12H9ClFN3O. The van der Waals surface area contributed by atoms with Crippen molar-refractivity contribution in [1.29, 1.82) is 0 Å². The van der Waals surface area contributed by atoms with Crippen molar-refractivity contribution in [1.82, 2.24) is 4.98 Å². The molecule has 0 radical (unpaired) electrons. The Bertz CT molecular complexity index is 560. The molecule has 0 bridgehead atoms. The zero-order chi connectivity index (χ0) is 13.0. The van der Waals surface area contributed by atoms with Gasteiger partial charge in [0.1, 0.15) is 11.0 Å². The van der Waals surface area contributed by atoms with Crippen molar-refractivity contribution < 1.29 is 9.18 Å². The minimum atomic E-state index is -0.441. The first-order chi connectivity index (χ1) is 8.63. The van der Waals surface area contributed by atoms with E-state index in [1.807, 2.05) is 0 Å². The van der Waals surface area contributed by atoms with Crippen LogP contribution in [0.4, 0.5) is 20.6 Å². The molecule has 2 N–H and O–H groups in total. The predicted octanol–water partition coefficient (Wildman–Crippen LogP) is 3.52. The van der Waals surface area contributed by atoms with Gasteiger partial charge in [-0.25, -0.2) is 14.2 Å². The summed E-state index contributed by atoms with van der Waals surface area (Å²) in [5.41, 5.74) is 1.02. The Morgan fingerprint density at radius 2 is 1.78 bits per heavy atom. The lowest BCUT2D eigenvalue weighted by atomic mass is 10.3. The molecule has 0 atom stereocenters. The van der Waals surface area contributed by atoms with Crippen LogP contribution >= 0.6 is 11.6 Å². The lowest BCUT2D eigenvalue weighted by molar-refractivity contribution is 0.262. The quantitative estimate of drug-likeness (QED) is 0.817. The highest BCUT2D eigenvalue weighted by atomic mass is 35.5. The first kappa shape index (κ1) is 12.3. The largest absolute Gasteiger partial charge is 0.323 e. The van der Waals surface area contributed by atoms with Gasteiger partial charge >= 0.3 is 6.03 Å². The van der Waals surface area contributed by atoms with Crippen LogP contribution in [0.3, 0.4) is 0 Å². The Kier molecular flexibility index (Phi) is 3.74. The molecule has 2 aromatic rings. The van der Waals surface area contributed by atoms with Crippen molar-refractivity contribution in [3.05, 3.63) is 53.6 Å². The Morgan fingerprint density at radius 1 is 1.11 bits per heavy atom. The van der Waals surface area contributed by atoms with Crippen molar-refractivity contribution in [2.24, 2.45) is 0 Å². The van der Waals surface area contributed by atoms with Gasteiger partial charge in [0.25, 0.3) is 0 Å². The number of amides is 2. The van der Waals surface area contributed by atoms with E-state index in [2.05, 4.69) is 15.6 Å². The number of nitrogens with zero attached hydrogens (tertiary/aromatic N) is 1. The summed E-state index contributed by atoms with van der Waals surface area (Å²) < 4.78 is 12.7. The molecule has 0 saturated carbocycles. The Labute approximate surface area is 108 Å². The normalized spacial score (nSPS) is 9.89. The maximum absolute atomic E-state index is 12.7. The third kappa shape index (κ3) is 3.43. The molecular weight excluding hydrogens is 257 g/mol. The van der Waals surface area contributed by atoms with Gasteiger partial charge in [0.15, 0.2) is 0 Å². The molecule has 0 spiro atoms. The van der Waals surface area contributed by atoms with E-state index in [1.165, 1.54) is 36.5 Å². The van der Waals surface area contributed by atoms with Crippen molar-refractivity contribution in [3.63, 3.8) is 0 Å². The van der Waals surface area contributed by atoms with E-state index in [9.17, 15) is 9.18 Å². The van der Waals surface area contributed by atoms with Crippen molar-refractivity contribution >= 4 is 29.0 Å². The number of benzene rings is 1. The Hall–Kier alpha value is -2.14. The van der Waals surface area contributed by atoms with Crippen LogP contribution in [-0.2, 0) is 0 Å². The molecule has 0 unspecified atom stereocenters. The van der Waals surface area contributed by atoms with Gasteiger partial charge in [-0.3, -0.25) is 0 Å². The van der Waals surface area contributed by atoms with Crippen LogP contribution in [-0.4, -0.2) is 11.0 Å². The van der Waals surface area contributed by atoms with E-state index in [-0.39, 0.29) is 11.0 Å². The van der Waals surface area contributed by atoms with Crippen LogP contribution in [0.5, 0.6) is 0 Å². The Balaban J connectivity index is 1.98. The fraction of sp³-hybridized carbons (Fsp3) is 0. The molecule has 92 valence electrons. The van der Waals surface area contributed by atoms with Crippen molar-refractivity contribution in [3.8, 4) is 0 Å². The van der Waals surface area contributed by atoms with E-state index in [4.69, 9.17) is 11.6 Å². The highest BCUT2D eigenvalue weighted by Crippen LogP contribution is 2.13. The van der Waals surface area contributed by atoms with Crippen LogP contribution in [0.1, 0.15) is 0 Å². The minimum Gasteiger partial charge on any atom is -0.308 e. The molecule has 1 aromatic carbocycles. The fourth-order valence-corrected chi connectivity index (χ4v) is 1.48. The van der Waals surface area contributed by atoms with Gasteiger partial charge in [0.2, 0.25) is 0 Å². The van der Waals surface area contributed by atoms with E-state index >= 15 is 0 Å². The van der Waals surface area contributed by atoms with Gasteiger partial charge in [0.05, 0.1) is 0 Å². The number of anilines is 2. The first-order valence-electron chi connectivity index (χ1n) is 5.08. The average molecular weight is 266 g/mol. The van der Waals surface area contributed by atoms with Gasteiger partial charge in [-0.05, 0) is 36.4 Å². The number of pyridine rings is 1. The summed E-state index contributed by atoms with van der Waals surface area (Å²) in [7, 11) is 0. The molecule has 6 heteroatoms. The van der Waals surface area contributed by atoms with E-state index in [0.717, 1.165) is 0 Å². The minimum absolute atomic E-state index is 0.287. The molecule has 0 fully saturated rings. The summed E-state index contributed by atoms with van der Waals surface area (Å²) in [6.07, 6.45) is 1.48. The third-order valence-corrected chi connectivity index (χ3v) is 2.29. The van der Waals surface area contributed by atoms with E-state index in [1.54, 1.807) is 6.07 Å². The average Bonchev–Trinajstić information content (AvgIpc) is 2.32. The molecule has 0 aliphatic rings. The molecule has 0 saturated heterocycles. The smallest absolute Gasteiger partial charge is 0.308 e. The van der Waals surface area contributed by atoms with Crippen LogP contribution < -0.4 is 10.6 Å². The van der Waals surface area contributed by atoms with E-state index < -0.39 is 6.03 Å². The standard InChI is InChI=1S/C12H9ClFN3O/c13-11-7-10(5-6-15-11)17-12(18)16-9-3-1-8(14)2-4-9/h1-7H,(H2,15,16,17,18). The molecule has 1 heterocycles. The topological polar surface area (TPSA) is 54.0 Å². The second-order valence-electron chi connectivity index (χ2n) is 3.45. The number of aromatic nitrogens is 1. The molecule has 1 aromatic heterocycles. The second kappa shape index (κ2) is 5.46. The zero-order valence-electron chi connectivity index (χ0n) is 9.15. The van der Waals surface area contributed by atoms with Gasteiger partial charge in [-0.1, -0.05) is 11.6 Å². The lowest BCUT2D eigenvalue weighted by Gasteiger charge is -2.07. The summed E-state index contributed by atoms with van der Waals surface area (Å²) in [4.78, 5) is 15.4.